The molecule has 0 radical (unpaired) electrons. The van der Waals surface area contributed by atoms with Crippen LogP contribution in [0.15, 0.2) is 29.2 Å². The molecule has 5 rings (SSSR count). The number of hydrogen-bond acceptors (Lipinski definition) is 3. The maximum Gasteiger partial charge on any atom is 0.118 e. The van der Waals surface area contributed by atoms with Crippen molar-refractivity contribution >= 4 is 11.8 Å². The molecule has 4 aliphatic rings. The van der Waals surface area contributed by atoms with E-state index in [-0.39, 0.29) is 5.60 Å². The Morgan fingerprint density at radius 2 is 1.56 bits per heavy atom. The van der Waals surface area contributed by atoms with Gasteiger partial charge in [0.2, 0.25) is 0 Å². The molecule has 0 atom stereocenters. The Morgan fingerprint density at radius 1 is 1.00 bits per heavy atom. The Hall–Kier alpha value is -0.670. The van der Waals surface area contributed by atoms with Crippen molar-refractivity contribution in [3.05, 3.63) is 24.3 Å². The van der Waals surface area contributed by atoms with Crippen molar-refractivity contribution in [1.82, 2.24) is 0 Å². The average Bonchev–Trinajstić information content (AvgIpc) is 2.58. The van der Waals surface area contributed by atoms with Gasteiger partial charge in [0, 0.05) is 10.6 Å². The van der Waals surface area contributed by atoms with Gasteiger partial charge in [0.05, 0.1) is 19.3 Å². The highest BCUT2D eigenvalue weighted by Crippen LogP contribution is 2.64. The summed E-state index contributed by atoms with van der Waals surface area (Å²) in [7, 11) is 1.71. The molecule has 4 fully saturated rings. The van der Waals surface area contributed by atoms with Gasteiger partial charge in [-0.3, -0.25) is 0 Å². The Kier molecular flexibility index (Phi) is 4.83. The second kappa shape index (κ2) is 6.81. The number of thioether (sulfide) groups is 1. The summed E-state index contributed by atoms with van der Waals surface area (Å²) in [5.41, 5.74) is 0.468. The highest BCUT2D eigenvalue weighted by Gasteiger charge is 2.57. The summed E-state index contributed by atoms with van der Waals surface area (Å²) in [6, 6.07) is 8.33. The standard InChI is InChI=1S/C22H32O2S/c1-21(2,22-13-16-10-17(14-22)12-18(11-16)15-22)24-8-9-25-20-6-4-19(23-3)5-7-20/h4-7,16-18H,8-15H2,1-3H3. The van der Waals surface area contributed by atoms with Crippen LogP contribution in [0.5, 0.6) is 5.75 Å². The molecule has 0 N–H and O–H groups in total. The van der Waals surface area contributed by atoms with E-state index < -0.39 is 0 Å². The number of hydrogen-bond donors (Lipinski definition) is 0. The summed E-state index contributed by atoms with van der Waals surface area (Å²) in [6.45, 7) is 5.59. The van der Waals surface area contributed by atoms with E-state index in [2.05, 4.69) is 26.0 Å². The molecule has 1 aromatic rings. The fourth-order valence-electron chi connectivity index (χ4n) is 6.13. The first-order valence-corrected chi connectivity index (χ1v) is 10.9. The molecule has 1 aromatic carbocycles. The van der Waals surface area contributed by atoms with Crippen molar-refractivity contribution in [1.29, 1.82) is 0 Å². The molecule has 0 aliphatic heterocycles. The van der Waals surface area contributed by atoms with E-state index >= 15 is 0 Å². The zero-order chi connectivity index (χ0) is 17.5. The largest absolute Gasteiger partial charge is 0.497 e. The van der Waals surface area contributed by atoms with Crippen LogP contribution in [-0.2, 0) is 4.74 Å². The topological polar surface area (TPSA) is 18.5 Å². The van der Waals surface area contributed by atoms with Crippen LogP contribution in [0.3, 0.4) is 0 Å². The van der Waals surface area contributed by atoms with Crippen molar-refractivity contribution in [3.8, 4) is 5.75 Å². The third-order valence-corrected chi connectivity index (χ3v) is 8.17. The molecule has 2 nitrogen and oxygen atoms in total. The average molecular weight is 361 g/mol. The van der Waals surface area contributed by atoms with Gasteiger partial charge in [-0.05, 0) is 99.8 Å². The van der Waals surface area contributed by atoms with Gasteiger partial charge in [-0.2, -0.15) is 0 Å². The number of methoxy groups -OCH3 is 1. The molecule has 0 aromatic heterocycles. The Morgan fingerprint density at radius 3 is 2.08 bits per heavy atom. The van der Waals surface area contributed by atoms with Crippen LogP contribution in [0, 0.1) is 23.2 Å². The van der Waals surface area contributed by atoms with Gasteiger partial charge in [0.1, 0.15) is 5.75 Å². The molecule has 3 heteroatoms. The van der Waals surface area contributed by atoms with Crippen molar-refractivity contribution < 1.29 is 9.47 Å². The maximum absolute atomic E-state index is 6.54. The van der Waals surface area contributed by atoms with Crippen molar-refractivity contribution in [3.63, 3.8) is 0 Å². The highest BCUT2D eigenvalue weighted by molar-refractivity contribution is 7.99. The summed E-state index contributed by atoms with van der Waals surface area (Å²) in [5, 5.41) is 0. The lowest BCUT2D eigenvalue weighted by atomic mass is 9.46. The van der Waals surface area contributed by atoms with Crippen LogP contribution in [0.25, 0.3) is 0 Å². The summed E-state index contributed by atoms with van der Waals surface area (Å²) in [4.78, 5) is 1.29. The second-order valence-electron chi connectivity index (χ2n) is 9.08. The van der Waals surface area contributed by atoms with Gasteiger partial charge < -0.3 is 9.47 Å². The van der Waals surface area contributed by atoms with E-state index in [1.807, 2.05) is 23.9 Å². The summed E-state index contributed by atoms with van der Waals surface area (Å²) >= 11 is 1.88. The first kappa shape index (κ1) is 17.7. The van der Waals surface area contributed by atoms with Crippen LogP contribution in [0.4, 0.5) is 0 Å². The van der Waals surface area contributed by atoms with Gasteiger partial charge in [0.15, 0.2) is 0 Å². The lowest BCUT2D eigenvalue weighted by Gasteiger charge is -2.62. The third-order valence-electron chi connectivity index (χ3n) is 7.19. The van der Waals surface area contributed by atoms with Crippen molar-refractivity contribution in [2.75, 3.05) is 19.5 Å². The Bertz CT molecular complexity index is 557. The molecule has 0 heterocycles. The molecule has 0 unspecified atom stereocenters. The van der Waals surface area contributed by atoms with Gasteiger partial charge in [0.25, 0.3) is 0 Å². The van der Waals surface area contributed by atoms with Gasteiger partial charge >= 0.3 is 0 Å². The third kappa shape index (κ3) is 3.47. The maximum atomic E-state index is 6.54. The van der Waals surface area contributed by atoms with Crippen molar-refractivity contribution in [2.24, 2.45) is 23.2 Å². The lowest BCUT2D eigenvalue weighted by molar-refractivity contribution is -0.185. The van der Waals surface area contributed by atoms with Crippen molar-refractivity contribution in [2.45, 2.75) is 62.9 Å². The fourth-order valence-corrected chi connectivity index (χ4v) is 6.86. The fraction of sp³-hybridized carbons (Fsp3) is 0.727. The molecule has 25 heavy (non-hydrogen) atoms. The lowest BCUT2D eigenvalue weighted by Crippen LogP contribution is -2.57. The van der Waals surface area contributed by atoms with E-state index in [0.717, 1.165) is 35.9 Å². The molecule has 0 saturated heterocycles. The van der Waals surface area contributed by atoms with Crippen LogP contribution in [0.2, 0.25) is 0 Å². The van der Waals surface area contributed by atoms with Crippen LogP contribution < -0.4 is 4.74 Å². The predicted molar refractivity (Wildman–Crippen MR) is 104 cm³/mol. The van der Waals surface area contributed by atoms with Crippen LogP contribution in [-0.4, -0.2) is 25.1 Å². The first-order valence-electron chi connectivity index (χ1n) is 9.90. The van der Waals surface area contributed by atoms with E-state index in [1.54, 1.807) is 7.11 Å². The number of ether oxygens (including phenoxy) is 2. The van der Waals surface area contributed by atoms with Gasteiger partial charge in [-0.25, -0.2) is 0 Å². The Balaban J connectivity index is 1.31. The molecule has 4 bridgehead atoms. The second-order valence-corrected chi connectivity index (χ2v) is 10.2. The van der Waals surface area contributed by atoms with E-state index in [0.29, 0.717) is 5.41 Å². The molecule has 138 valence electrons. The van der Waals surface area contributed by atoms with E-state index in [9.17, 15) is 0 Å². The normalized spacial score (nSPS) is 33.6. The van der Waals surface area contributed by atoms with Crippen LogP contribution >= 0.6 is 11.8 Å². The summed E-state index contributed by atoms with van der Waals surface area (Å²) in [5.74, 6) is 4.90. The molecular weight excluding hydrogens is 328 g/mol. The quantitative estimate of drug-likeness (QED) is 0.452. The van der Waals surface area contributed by atoms with Crippen LogP contribution in [0.1, 0.15) is 52.4 Å². The van der Waals surface area contributed by atoms with E-state index in [1.165, 1.54) is 43.4 Å². The number of benzene rings is 1. The minimum atomic E-state index is 0.0173. The molecule has 4 saturated carbocycles. The highest BCUT2D eigenvalue weighted by atomic mass is 32.2. The van der Waals surface area contributed by atoms with Gasteiger partial charge in [-0.1, -0.05) is 0 Å². The summed E-state index contributed by atoms with van der Waals surface area (Å²) in [6.07, 6.45) is 8.75. The number of rotatable bonds is 7. The van der Waals surface area contributed by atoms with E-state index in [4.69, 9.17) is 9.47 Å². The zero-order valence-electron chi connectivity index (χ0n) is 15.9. The molecular formula is C22H32O2S. The smallest absolute Gasteiger partial charge is 0.118 e. The SMILES string of the molecule is COc1ccc(SCCOC(C)(C)C23CC4CC(CC(C4)C2)C3)cc1. The predicted octanol–water partition coefficient (Wildman–Crippen LogP) is 5.80. The molecule has 0 amide bonds. The molecule has 0 spiro atoms. The minimum Gasteiger partial charge on any atom is -0.497 e. The monoisotopic (exact) mass is 360 g/mol. The van der Waals surface area contributed by atoms with Gasteiger partial charge in [-0.15, -0.1) is 11.8 Å². The molecule has 4 aliphatic carbocycles. The first-order chi connectivity index (χ1) is 12.0. The minimum absolute atomic E-state index is 0.0173. The Labute approximate surface area is 157 Å². The summed E-state index contributed by atoms with van der Waals surface area (Å²) < 4.78 is 11.8. The zero-order valence-corrected chi connectivity index (χ0v) is 16.7.